The summed E-state index contributed by atoms with van der Waals surface area (Å²) >= 11 is 0. The normalized spacial score (nSPS) is 14.6. The highest BCUT2D eigenvalue weighted by Crippen LogP contribution is 2.43. The Morgan fingerprint density at radius 1 is 0.473 bits per heavy atom. The molecule has 0 aromatic rings. The average Bonchev–Trinajstić information content (AvgIpc) is 3.36. The highest BCUT2D eigenvalue weighted by molar-refractivity contribution is 7.47. The summed E-state index contributed by atoms with van der Waals surface area (Å²) in [7, 11) is 1.54. The first-order valence-corrected chi connectivity index (χ1v) is 31.8. The minimum Gasteiger partial charge on any atom is -0.387 e. The third-order valence-corrected chi connectivity index (χ3v) is 14.0. The summed E-state index contributed by atoms with van der Waals surface area (Å²) < 4.78 is 23.7. The van der Waals surface area contributed by atoms with Crippen LogP contribution in [0.3, 0.4) is 0 Å². The van der Waals surface area contributed by atoms with E-state index in [2.05, 4.69) is 116 Å². The Balaban J connectivity index is 4.30. The molecule has 0 spiro atoms. The molecule has 0 fully saturated rings. The molecule has 0 aliphatic carbocycles. The summed E-state index contributed by atoms with van der Waals surface area (Å²) in [5.41, 5.74) is 0. The number of carbonyl (C=O) groups excluding carboxylic acids is 1. The van der Waals surface area contributed by atoms with Gasteiger partial charge < -0.3 is 19.8 Å². The third-order valence-electron chi connectivity index (χ3n) is 13.0. The largest absolute Gasteiger partial charge is 0.472 e. The van der Waals surface area contributed by atoms with E-state index in [-0.39, 0.29) is 19.1 Å². The summed E-state index contributed by atoms with van der Waals surface area (Å²) in [5, 5.41) is 13.9. The van der Waals surface area contributed by atoms with Gasteiger partial charge in [0.15, 0.2) is 0 Å². The summed E-state index contributed by atoms with van der Waals surface area (Å²) in [6, 6.07) is -0.870. The van der Waals surface area contributed by atoms with E-state index < -0.39 is 20.0 Å². The highest BCUT2D eigenvalue weighted by atomic mass is 31.2. The summed E-state index contributed by atoms with van der Waals surface area (Å²) in [6.07, 6.45) is 80.5. The van der Waals surface area contributed by atoms with Crippen LogP contribution in [-0.2, 0) is 18.4 Å². The summed E-state index contributed by atoms with van der Waals surface area (Å²) in [6.45, 7) is 4.69. The number of aliphatic hydroxyl groups is 1. The fraction of sp³-hybridized carbons (Fsp3) is 0.708. The SMILES string of the molecule is CC/C=C\C/C=C\C/C=C\C/C=C\C/C=C\C/C=C\C/C=C\C/C=C\CCCCCCC(=O)NC(COP(=O)(O)OCC[N+](C)(C)C)C(O)/C=C/CCCCCCCCCCCCCCCCCCCCCCC. The topological polar surface area (TPSA) is 105 Å². The van der Waals surface area contributed by atoms with Crippen LogP contribution in [0.1, 0.15) is 245 Å². The molecule has 0 rings (SSSR count). The molecule has 0 saturated heterocycles. The Morgan fingerprint density at radius 3 is 1.19 bits per heavy atom. The van der Waals surface area contributed by atoms with Crippen LogP contribution in [0, 0.1) is 0 Å². The molecule has 3 atom stereocenters. The van der Waals surface area contributed by atoms with Gasteiger partial charge in [-0.3, -0.25) is 13.8 Å². The van der Waals surface area contributed by atoms with Gasteiger partial charge in [-0.25, -0.2) is 4.57 Å². The molecule has 74 heavy (non-hydrogen) atoms. The van der Waals surface area contributed by atoms with Crippen molar-refractivity contribution >= 4 is 13.7 Å². The monoisotopic (exact) mass is 1050 g/mol. The average molecular weight is 1050 g/mol. The Kier molecular flexibility index (Phi) is 52.8. The number of aliphatic hydroxyl groups excluding tert-OH is 1. The van der Waals surface area contributed by atoms with E-state index in [0.29, 0.717) is 17.4 Å². The number of unbranched alkanes of at least 4 members (excludes halogenated alkanes) is 25. The third kappa shape index (κ3) is 56.9. The van der Waals surface area contributed by atoms with Gasteiger partial charge in [0.25, 0.3) is 0 Å². The maximum absolute atomic E-state index is 13.0. The number of quaternary nitrogens is 1. The van der Waals surface area contributed by atoms with Gasteiger partial charge in [-0.2, -0.15) is 0 Å². The van der Waals surface area contributed by atoms with Gasteiger partial charge in [0.05, 0.1) is 39.9 Å². The Hall–Kier alpha value is -2.84. The van der Waals surface area contributed by atoms with Crippen molar-refractivity contribution < 1.29 is 32.9 Å². The second-order valence-corrected chi connectivity index (χ2v) is 22.8. The lowest BCUT2D eigenvalue weighted by Crippen LogP contribution is -2.45. The molecule has 3 N–H and O–H groups in total. The van der Waals surface area contributed by atoms with E-state index in [1.54, 1.807) is 6.08 Å². The molecule has 0 saturated carbocycles. The van der Waals surface area contributed by atoms with Crippen LogP contribution in [-0.4, -0.2) is 73.4 Å². The van der Waals surface area contributed by atoms with Crippen molar-refractivity contribution in [2.24, 2.45) is 0 Å². The van der Waals surface area contributed by atoms with Gasteiger partial charge in [0, 0.05) is 6.42 Å². The predicted molar refractivity (Wildman–Crippen MR) is 322 cm³/mol. The first kappa shape index (κ1) is 71.2. The number of phosphoric acid groups is 1. The molecule has 8 nitrogen and oxygen atoms in total. The zero-order valence-corrected chi connectivity index (χ0v) is 49.4. The number of amides is 1. The quantitative estimate of drug-likeness (QED) is 0.0243. The van der Waals surface area contributed by atoms with Crippen molar-refractivity contribution in [3.8, 4) is 0 Å². The van der Waals surface area contributed by atoms with Crippen LogP contribution in [0.15, 0.2) is 109 Å². The number of nitrogens with zero attached hydrogens (tertiary/aromatic N) is 1. The van der Waals surface area contributed by atoms with Gasteiger partial charge in [0.1, 0.15) is 13.2 Å². The Morgan fingerprint density at radius 2 is 0.811 bits per heavy atom. The number of carbonyl (C=O) groups is 1. The van der Waals surface area contributed by atoms with Gasteiger partial charge in [-0.05, 0) is 83.5 Å². The van der Waals surface area contributed by atoms with E-state index in [9.17, 15) is 19.4 Å². The molecule has 0 aliphatic heterocycles. The predicted octanol–water partition coefficient (Wildman–Crippen LogP) is 18.8. The van der Waals surface area contributed by atoms with Crippen LogP contribution in [0.2, 0.25) is 0 Å². The highest BCUT2D eigenvalue weighted by Gasteiger charge is 2.27. The molecular formula is C65H116N2O6P+. The van der Waals surface area contributed by atoms with E-state index in [1.165, 1.54) is 122 Å². The van der Waals surface area contributed by atoms with Gasteiger partial charge in [0.2, 0.25) is 5.91 Å². The van der Waals surface area contributed by atoms with Crippen molar-refractivity contribution in [1.29, 1.82) is 0 Å². The van der Waals surface area contributed by atoms with Crippen molar-refractivity contribution in [3.05, 3.63) is 109 Å². The maximum Gasteiger partial charge on any atom is 0.472 e. The Bertz CT molecular complexity index is 1570. The molecule has 0 radical (unpaired) electrons. The fourth-order valence-corrected chi connectivity index (χ4v) is 9.03. The van der Waals surface area contributed by atoms with Crippen LogP contribution in [0.5, 0.6) is 0 Å². The lowest BCUT2D eigenvalue weighted by atomic mass is 10.0. The number of rotatable bonds is 54. The van der Waals surface area contributed by atoms with Crippen LogP contribution < -0.4 is 5.32 Å². The number of nitrogens with one attached hydrogen (secondary N) is 1. The van der Waals surface area contributed by atoms with Crippen LogP contribution in [0.4, 0.5) is 0 Å². The second-order valence-electron chi connectivity index (χ2n) is 21.3. The Labute approximate surface area is 457 Å². The van der Waals surface area contributed by atoms with E-state index in [0.717, 1.165) is 103 Å². The number of hydrogen-bond donors (Lipinski definition) is 3. The molecule has 0 bridgehead atoms. The standard InChI is InChI=1S/C65H115N2O6P/c1-6-8-10-12-14-16-18-20-22-24-26-28-30-31-32-33-34-35-37-39-41-43-45-47-49-51-53-55-57-59-65(69)66-63(62-73-74(70,71)72-61-60-67(3,4)5)64(68)58-56-54-52-50-48-46-44-42-40-38-36-29-27-25-23-21-19-17-15-13-11-9-7-2/h8,10,14,16,20,22,26,28,31-32,34-35,39,41,45,47,56,58,63-64,68H,6-7,9,11-13,15,17-19,21,23-25,27,29-30,33,36-38,40,42-44,46,48-55,57,59-62H2,1-5H3,(H-,66,69,70,71)/p+1/b10-8-,16-14-,22-20-,28-26-,32-31-,35-34-,41-39-,47-45-,58-56+. The molecule has 426 valence electrons. The number of hydrogen-bond acceptors (Lipinski definition) is 5. The maximum atomic E-state index is 13.0. The molecular weight excluding hydrogens is 936 g/mol. The zero-order chi connectivity index (χ0) is 54.2. The molecule has 3 unspecified atom stereocenters. The lowest BCUT2D eigenvalue weighted by Gasteiger charge is -2.25. The lowest BCUT2D eigenvalue weighted by molar-refractivity contribution is -0.870. The molecule has 1 amide bonds. The van der Waals surface area contributed by atoms with E-state index in [4.69, 9.17) is 9.05 Å². The van der Waals surface area contributed by atoms with Crippen molar-refractivity contribution in [1.82, 2.24) is 5.32 Å². The number of phosphoric ester groups is 1. The van der Waals surface area contributed by atoms with Crippen molar-refractivity contribution in [2.45, 2.75) is 257 Å². The number of likely N-dealkylation sites (N-methyl/N-ethyl adjacent to an activating group) is 1. The first-order valence-electron chi connectivity index (χ1n) is 30.3. The smallest absolute Gasteiger partial charge is 0.387 e. The molecule has 0 aliphatic rings. The second kappa shape index (κ2) is 54.9. The van der Waals surface area contributed by atoms with E-state index in [1.807, 2.05) is 27.2 Å². The van der Waals surface area contributed by atoms with Gasteiger partial charge >= 0.3 is 7.82 Å². The van der Waals surface area contributed by atoms with Crippen molar-refractivity contribution in [2.75, 3.05) is 40.9 Å². The van der Waals surface area contributed by atoms with E-state index >= 15 is 0 Å². The summed E-state index contributed by atoms with van der Waals surface area (Å²) in [5.74, 6) is -0.204. The molecule has 9 heteroatoms. The molecule has 0 heterocycles. The number of allylic oxidation sites excluding steroid dienone is 17. The van der Waals surface area contributed by atoms with Crippen LogP contribution >= 0.6 is 7.82 Å². The minimum atomic E-state index is -4.37. The fourth-order valence-electron chi connectivity index (χ4n) is 8.29. The van der Waals surface area contributed by atoms with Crippen molar-refractivity contribution in [3.63, 3.8) is 0 Å². The van der Waals surface area contributed by atoms with Gasteiger partial charge in [-0.15, -0.1) is 0 Å². The molecule has 0 aromatic heterocycles. The summed E-state index contributed by atoms with van der Waals surface area (Å²) in [4.78, 5) is 23.3. The van der Waals surface area contributed by atoms with Gasteiger partial charge in [-0.1, -0.05) is 264 Å². The minimum absolute atomic E-state index is 0.0504. The molecule has 0 aromatic carbocycles. The van der Waals surface area contributed by atoms with Crippen LogP contribution in [0.25, 0.3) is 0 Å². The first-order chi connectivity index (χ1) is 36.0. The zero-order valence-electron chi connectivity index (χ0n) is 48.5.